The first kappa shape index (κ1) is 12.7. The minimum atomic E-state index is -0.755. The van der Waals surface area contributed by atoms with Crippen LogP contribution in [0.3, 0.4) is 0 Å². The van der Waals surface area contributed by atoms with Crippen LogP contribution in [-0.2, 0) is 11.2 Å². The second-order valence-electron chi connectivity index (χ2n) is 3.83. The summed E-state index contributed by atoms with van der Waals surface area (Å²) in [5.74, 6) is -0.755. The highest BCUT2D eigenvalue weighted by atomic mass is 16.4. The molecule has 1 rings (SSSR count). The molecule has 0 saturated heterocycles. The van der Waals surface area contributed by atoms with Crippen molar-refractivity contribution in [3.05, 3.63) is 35.9 Å². The van der Waals surface area contributed by atoms with E-state index >= 15 is 0 Å². The smallest absolute Gasteiger partial charge is 0.320 e. The molecule has 1 atom stereocenters. The number of aliphatic carboxylic acids is 1. The van der Waals surface area contributed by atoms with E-state index in [0.717, 1.165) is 12.8 Å². The fourth-order valence-electron chi connectivity index (χ4n) is 1.71. The quantitative estimate of drug-likeness (QED) is 0.741. The molecule has 0 aliphatic rings. The third kappa shape index (κ3) is 4.45. The maximum atomic E-state index is 10.9. The van der Waals surface area contributed by atoms with Gasteiger partial charge in [-0.2, -0.15) is 0 Å². The van der Waals surface area contributed by atoms with Gasteiger partial charge in [0, 0.05) is 0 Å². The van der Waals surface area contributed by atoms with E-state index in [1.165, 1.54) is 5.56 Å². The number of aryl methyl sites for hydroxylation is 1. The lowest BCUT2D eigenvalue weighted by Gasteiger charge is -2.12. The molecule has 0 amide bonds. The molecule has 0 aromatic heterocycles. The van der Waals surface area contributed by atoms with Gasteiger partial charge in [0.25, 0.3) is 0 Å². The van der Waals surface area contributed by atoms with Gasteiger partial charge < -0.3 is 10.4 Å². The number of likely N-dealkylation sites (N-methyl/N-ethyl adjacent to an activating group) is 1. The highest BCUT2D eigenvalue weighted by molar-refractivity contribution is 5.73. The van der Waals surface area contributed by atoms with Gasteiger partial charge in [-0.05, 0) is 31.4 Å². The van der Waals surface area contributed by atoms with E-state index in [9.17, 15) is 4.79 Å². The number of hydrogen-bond donors (Lipinski definition) is 2. The van der Waals surface area contributed by atoms with Crippen LogP contribution in [0.1, 0.15) is 25.3 Å². The Morgan fingerprint density at radius 1 is 1.38 bits per heavy atom. The highest BCUT2D eigenvalue weighted by Crippen LogP contribution is 2.06. The van der Waals surface area contributed by atoms with E-state index in [-0.39, 0.29) is 0 Å². The molecule has 0 radical (unpaired) electrons. The van der Waals surface area contributed by atoms with E-state index in [4.69, 9.17) is 5.11 Å². The van der Waals surface area contributed by atoms with Gasteiger partial charge in [0.15, 0.2) is 0 Å². The monoisotopic (exact) mass is 221 g/mol. The van der Waals surface area contributed by atoms with Gasteiger partial charge >= 0.3 is 5.97 Å². The van der Waals surface area contributed by atoms with Crippen LogP contribution in [-0.4, -0.2) is 23.7 Å². The summed E-state index contributed by atoms with van der Waals surface area (Å²) < 4.78 is 0. The van der Waals surface area contributed by atoms with Gasteiger partial charge in [0.05, 0.1) is 0 Å². The first-order valence-corrected chi connectivity index (χ1v) is 5.74. The third-order valence-corrected chi connectivity index (χ3v) is 2.55. The number of rotatable bonds is 7. The lowest BCUT2D eigenvalue weighted by atomic mass is 10.0. The predicted molar refractivity (Wildman–Crippen MR) is 64.5 cm³/mol. The van der Waals surface area contributed by atoms with Crippen molar-refractivity contribution < 1.29 is 9.90 Å². The predicted octanol–water partition coefficient (Wildman–Crippen LogP) is 2.07. The Morgan fingerprint density at radius 2 is 2.06 bits per heavy atom. The summed E-state index contributed by atoms with van der Waals surface area (Å²) in [4.78, 5) is 10.9. The van der Waals surface area contributed by atoms with Crippen molar-refractivity contribution >= 4 is 5.97 Å². The molecule has 1 aromatic carbocycles. The van der Waals surface area contributed by atoms with Crippen LogP contribution < -0.4 is 5.32 Å². The summed E-state index contributed by atoms with van der Waals surface area (Å²) in [5.41, 5.74) is 1.27. The zero-order valence-corrected chi connectivity index (χ0v) is 9.65. The maximum Gasteiger partial charge on any atom is 0.320 e. The Bertz CT molecular complexity index is 311. The van der Waals surface area contributed by atoms with E-state index in [1.54, 1.807) is 0 Å². The molecule has 0 saturated carbocycles. The van der Waals surface area contributed by atoms with E-state index < -0.39 is 12.0 Å². The fourth-order valence-corrected chi connectivity index (χ4v) is 1.71. The van der Waals surface area contributed by atoms with Crippen LogP contribution in [0.2, 0.25) is 0 Å². The van der Waals surface area contributed by atoms with Crippen molar-refractivity contribution in [2.24, 2.45) is 0 Å². The van der Waals surface area contributed by atoms with Gasteiger partial charge in [-0.25, -0.2) is 0 Å². The molecule has 3 nitrogen and oxygen atoms in total. The Labute approximate surface area is 96.5 Å². The first-order valence-electron chi connectivity index (χ1n) is 5.74. The summed E-state index contributed by atoms with van der Waals surface area (Å²) in [5, 5.41) is 11.9. The van der Waals surface area contributed by atoms with Crippen LogP contribution in [0.5, 0.6) is 0 Å². The lowest BCUT2D eigenvalue weighted by Crippen LogP contribution is -2.36. The van der Waals surface area contributed by atoms with Crippen molar-refractivity contribution in [3.63, 3.8) is 0 Å². The largest absolute Gasteiger partial charge is 0.480 e. The average Bonchev–Trinajstić information content (AvgIpc) is 2.29. The molecule has 0 spiro atoms. The van der Waals surface area contributed by atoms with Crippen molar-refractivity contribution in [2.75, 3.05) is 6.54 Å². The summed E-state index contributed by atoms with van der Waals surface area (Å²) in [7, 11) is 0. The number of carboxylic acid groups (broad SMARTS) is 1. The molecule has 0 unspecified atom stereocenters. The molecule has 0 bridgehead atoms. The molecule has 0 fully saturated rings. The number of carboxylic acids is 1. The third-order valence-electron chi connectivity index (χ3n) is 2.55. The van der Waals surface area contributed by atoms with Gasteiger partial charge in [-0.3, -0.25) is 4.79 Å². The zero-order valence-electron chi connectivity index (χ0n) is 9.65. The van der Waals surface area contributed by atoms with Gasteiger partial charge in [0.1, 0.15) is 6.04 Å². The summed E-state index contributed by atoms with van der Waals surface area (Å²) in [6, 6.07) is 9.74. The van der Waals surface area contributed by atoms with Crippen LogP contribution in [0.15, 0.2) is 30.3 Å². The number of nitrogens with one attached hydrogen (secondary N) is 1. The van der Waals surface area contributed by atoms with E-state index in [1.807, 2.05) is 25.1 Å². The lowest BCUT2D eigenvalue weighted by molar-refractivity contribution is -0.139. The first-order chi connectivity index (χ1) is 7.74. The average molecular weight is 221 g/mol. The Hall–Kier alpha value is -1.35. The standard InChI is InChI=1S/C13H19NO2/c1-2-14-12(13(15)16)10-6-9-11-7-4-3-5-8-11/h3-5,7-8,12,14H,2,6,9-10H2,1H3,(H,15,16)/t12-/m1/s1. The number of carbonyl (C=O) groups is 1. The van der Waals surface area contributed by atoms with E-state index in [2.05, 4.69) is 17.4 Å². The molecule has 0 aliphatic carbocycles. The molecule has 88 valence electrons. The molecular formula is C13H19NO2. The summed E-state index contributed by atoms with van der Waals surface area (Å²) in [6.45, 7) is 2.62. The molecule has 0 aliphatic heterocycles. The molecular weight excluding hydrogens is 202 g/mol. The molecule has 1 aromatic rings. The van der Waals surface area contributed by atoms with Crippen LogP contribution >= 0.6 is 0 Å². The van der Waals surface area contributed by atoms with Crippen molar-refractivity contribution in [1.29, 1.82) is 0 Å². The SMILES string of the molecule is CCN[C@H](CCCc1ccccc1)C(=O)O. The molecule has 16 heavy (non-hydrogen) atoms. The number of benzene rings is 1. The van der Waals surface area contributed by atoms with Crippen LogP contribution in [0, 0.1) is 0 Å². The Morgan fingerprint density at radius 3 is 2.62 bits per heavy atom. The molecule has 2 N–H and O–H groups in total. The zero-order chi connectivity index (χ0) is 11.8. The minimum Gasteiger partial charge on any atom is -0.480 e. The van der Waals surface area contributed by atoms with Crippen molar-refractivity contribution in [3.8, 4) is 0 Å². The molecule has 0 heterocycles. The maximum absolute atomic E-state index is 10.9. The number of hydrogen-bond acceptors (Lipinski definition) is 2. The highest BCUT2D eigenvalue weighted by Gasteiger charge is 2.14. The normalized spacial score (nSPS) is 12.3. The Balaban J connectivity index is 2.31. The Kier molecular flexibility index (Phi) is 5.57. The van der Waals surface area contributed by atoms with Gasteiger partial charge in [-0.15, -0.1) is 0 Å². The van der Waals surface area contributed by atoms with Gasteiger partial charge in [-0.1, -0.05) is 37.3 Å². The fraction of sp³-hybridized carbons (Fsp3) is 0.462. The summed E-state index contributed by atoms with van der Waals surface area (Å²) in [6.07, 6.45) is 2.52. The summed E-state index contributed by atoms with van der Waals surface area (Å²) >= 11 is 0. The second-order valence-corrected chi connectivity index (χ2v) is 3.83. The van der Waals surface area contributed by atoms with E-state index in [0.29, 0.717) is 13.0 Å². The van der Waals surface area contributed by atoms with Crippen molar-refractivity contribution in [2.45, 2.75) is 32.2 Å². The second kappa shape index (κ2) is 7.01. The van der Waals surface area contributed by atoms with Gasteiger partial charge in [0.2, 0.25) is 0 Å². The minimum absolute atomic E-state index is 0.409. The van der Waals surface area contributed by atoms with Crippen LogP contribution in [0.4, 0.5) is 0 Å². The topological polar surface area (TPSA) is 49.3 Å². The van der Waals surface area contributed by atoms with Crippen LogP contribution in [0.25, 0.3) is 0 Å². The van der Waals surface area contributed by atoms with Crippen molar-refractivity contribution in [1.82, 2.24) is 5.32 Å². The molecule has 3 heteroatoms.